The van der Waals surface area contributed by atoms with Crippen molar-refractivity contribution in [2.75, 3.05) is 31.2 Å². The molecule has 1 fully saturated rings. The fraction of sp³-hybridized carbons (Fsp3) is 0.235. The molecule has 0 radical (unpaired) electrons. The number of morpholine rings is 1. The molecule has 0 bridgehead atoms. The Kier molecular flexibility index (Phi) is 5.96. The first-order valence-electron chi connectivity index (χ1n) is 8.50. The zero-order valence-corrected chi connectivity index (χ0v) is 15.9. The second-order valence-corrected chi connectivity index (χ2v) is 7.80. The van der Waals surface area contributed by atoms with Gasteiger partial charge in [0.1, 0.15) is 11.4 Å². The lowest BCUT2D eigenvalue weighted by Crippen LogP contribution is -2.41. The van der Waals surface area contributed by atoms with Crippen LogP contribution in [0.2, 0.25) is 0 Å². The first-order chi connectivity index (χ1) is 13.8. The van der Waals surface area contributed by atoms with E-state index in [4.69, 9.17) is 4.74 Å². The molecule has 154 valence electrons. The Bertz CT molecular complexity index is 1020. The average molecular weight is 422 g/mol. The third kappa shape index (κ3) is 4.80. The van der Waals surface area contributed by atoms with Gasteiger partial charge in [0.15, 0.2) is 0 Å². The fourth-order valence-electron chi connectivity index (χ4n) is 2.74. The number of hydrogen-bond donors (Lipinski definition) is 3. The van der Waals surface area contributed by atoms with E-state index in [1.165, 1.54) is 30.3 Å². The van der Waals surface area contributed by atoms with Crippen LogP contribution < -0.4 is 15.2 Å². The summed E-state index contributed by atoms with van der Waals surface area (Å²) in [5, 5.41) is 20.6. The van der Waals surface area contributed by atoms with Crippen molar-refractivity contribution >= 4 is 27.3 Å². The van der Waals surface area contributed by atoms with E-state index in [-0.39, 0.29) is 27.6 Å². The van der Waals surface area contributed by atoms with Crippen molar-refractivity contribution in [3.05, 3.63) is 58.1 Å². The van der Waals surface area contributed by atoms with Crippen LogP contribution in [-0.2, 0) is 14.8 Å². The predicted octanol–water partition coefficient (Wildman–Crippen LogP) is 0.760. The monoisotopic (exact) mass is 422 g/mol. The van der Waals surface area contributed by atoms with E-state index in [0.717, 1.165) is 12.1 Å². The molecule has 0 unspecified atom stereocenters. The topological polar surface area (TPSA) is 151 Å². The number of anilines is 1. The lowest BCUT2D eigenvalue weighted by Gasteiger charge is -2.28. The molecule has 2 aromatic carbocycles. The molecule has 0 aromatic heterocycles. The zero-order valence-electron chi connectivity index (χ0n) is 15.1. The number of phenols is 1. The molecule has 0 spiro atoms. The van der Waals surface area contributed by atoms with Crippen molar-refractivity contribution in [2.45, 2.75) is 4.90 Å². The van der Waals surface area contributed by atoms with Gasteiger partial charge in [0.25, 0.3) is 21.6 Å². The van der Waals surface area contributed by atoms with Crippen LogP contribution in [0.5, 0.6) is 5.75 Å². The third-order valence-corrected chi connectivity index (χ3v) is 5.48. The van der Waals surface area contributed by atoms with E-state index in [1.807, 2.05) is 4.83 Å². The molecule has 1 aliphatic heterocycles. The second-order valence-electron chi connectivity index (χ2n) is 6.11. The molecular formula is C17H18N4O7S. The maximum absolute atomic E-state index is 12.6. The van der Waals surface area contributed by atoms with Crippen LogP contribution in [0.25, 0.3) is 0 Å². The molecule has 12 heteroatoms. The Hall–Kier alpha value is -3.22. The average Bonchev–Trinajstić information content (AvgIpc) is 2.72. The number of rotatable bonds is 6. The highest BCUT2D eigenvalue weighted by Gasteiger charge is 2.25. The van der Waals surface area contributed by atoms with E-state index in [0.29, 0.717) is 26.3 Å². The molecule has 0 saturated carbocycles. The maximum atomic E-state index is 12.6. The summed E-state index contributed by atoms with van der Waals surface area (Å²) in [6.45, 7) is 1.51. The highest BCUT2D eigenvalue weighted by molar-refractivity contribution is 7.89. The van der Waals surface area contributed by atoms with Crippen LogP contribution in [0, 0.1) is 10.1 Å². The van der Waals surface area contributed by atoms with Crippen LogP contribution in [0.4, 0.5) is 11.4 Å². The van der Waals surface area contributed by atoms with Crippen molar-refractivity contribution in [2.24, 2.45) is 0 Å². The van der Waals surface area contributed by atoms with E-state index in [2.05, 4.69) is 5.43 Å². The van der Waals surface area contributed by atoms with Crippen LogP contribution in [0.3, 0.4) is 0 Å². The number of amides is 1. The minimum absolute atomic E-state index is 0.0383. The van der Waals surface area contributed by atoms with Gasteiger partial charge in [-0.15, -0.1) is 4.83 Å². The summed E-state index contributed by atoms with van der Waals surface area (Å²) in [4.78, 5) is 26.2. The summed E-state index contributed by atoms with van der Waals surface area (Å²) in [7, 11) is -4.19. The van der Waals surface area contributed by atoms with Crippen molar-refractivity contribution in [1.29, 1.82) is 0 Å². The molecule has 0 aliphatic carbocycles. The molecule has 3 rings (SSSR count). The number of carbonyl (C=O) groups excluding carboxylic acids is 1. The number of sulfonamides is 1. The van der Waals surface area contributed by atoms with Gasteiger partial charge in [0, 0.05) is 24.7 Å². The van der Waals surface area contributed by atoms with Crippen molar-refractivity contribution < 1.29 is 28.0 Å². The molecule has 11 nitrogen and oxygen atoms in total. The molecule has 1 aliphatic rings. The van der Waals surface area contributed by atoms with Crippen LogP contribution in [0.15, 0.2) is 47.4 Å². The van der Waals surface area contributed by atoms with E-state index < -0.39 is 20.9 Å². The number of ether oxygens (including phenoxy) is 1. The van der Waals surface area contributed by atoms with Gasteiger partial charge in [-0.2, -0.15) is 0 Å². The van der Waals surface area contributed by atoms with Gasteiger partial charge >= 0.3 is 0 Å². The summed E-state index contributed by atoms with van der Waals surface area (Å²) in [6.07, 6.45) is 0. The van der Waals surface area contributed by atoms with E-state index in [1.54, 1.807) is 4.90 Å². The van der Waals surface area contributed by atoms with Gasteiger partial charge < -0.3 is 14.7 Å². The Morgan fingerprint density at radius 2 is 1.79 bits per heavy atom. The largest absolute Gasteiger partial charge is 0.508 e. The number of aromatic hydroxyl groups is 1. The number of hydrazine groups is 1. The van der Waals surface area contributed by atoms with Crippen LogP contribution in [-0.4, -0.2) is 50.7 Å². The first-order valence-corrected chi connectivity index (χ1v) is 9.98. The maximum Gasteiger partial charge on any atom is 0.292 e. The van der Waals surface area contributed by atoms with Crippen LogP contribution >= 0.6 is 0 Å². The SMILES string of the molecule is O=C(NNS(=O)(=O)c1ccc([N+](=O)[O-])c(N2CCOCC2)c1)c1ccc(O)cc1. The molecule has 1 amide bonds. The third-order valence-electron chi connectivity index (χ3n) is 4.23. The van der Waals surface area contributed by atoms with Gasteiger partial charge in [-0.25, -0.2) is 8.42 Å². The molecule has 29 heavy (non-hydrogen) atoms. The number of benzene rings is 2. The molecule has 0 atom stereocenters. The number of nitro groups is 1. The van der Waals surface area contributed by atoms with Gasteiger partial charge in [-0.3, -0.25) is 20.3 Å². The van der Waals surface area contributed by atoms with Gasteiger partial charge in [-0.05, 0) is 36.4 Å². The molecular weight excluding hydrogens is 404 g/mol. The Labute approximate surface area is 166 Å². The number of nitro benzene ring substituents is 1. The number of hydrogen-bond acceptors (Lipinski definition) is 8. The summed E-state index contributed by atoms with van der Waals surface area (Å²) in [6, 6.07) is 8.61. The standard InChI is InChI=1S/C17H18N4O7S/c22-13-3-1-12(2-4-13)17(23)18-19-29(26,27)14-5-6-15(21(24)25)16(11-14)20-7-9-28-10-8-20/h1-6,11,19,22H,7-10H2,(H,18,23). The summed E-state index contributed by atoms with van der Waals surface area (Å²) in [5.41, 5.74) is 2.13. The van der Waals surface area contributed by atoms with Crippen molar-refractivity contribution in [3.8, 4) is 5.75 Å². The highest BCUT2D eigenvalue weighted by atomic mass is 32.2. The second kappa shape index (κ2) is 8.43. The lowest BCUT2D eigenvalue weighted by molar-refractivity contribution is -0.384. The molecule has 3 N–H and O–H groups in total. The van der Waals surface area contributed by atoms with Gasteiger partial charge in [0.2, 0.25) is 0 Å². The van der Waals surface area contributed by atoms with Gasteiger partial charge in [-0.1, -0.05) is 0 Å². The number of carbonyl (C=O) groups is 1. The molecule has 1 heterocycles. The zero-order chi connectivity index (χ0) is 21.0. The summed E-state index contributed by atoms with van der Waals surface area (Å²) < 4.78 is 30.3. The number of nitrogens with zero attached hydrogens (tertiary/aromatic N) is 2. The fourth-order valence-corrected chi connectivity index (χ4v) is 3.60. The first kappa shape index (κ1) is 20.5. The summed E-state index contributed by atoms with van der Waals surface area (Å²) >= 11 is 0. The summed E-state index contributed by atoms with van der Waals surface area (Å²) in [5.74, 6) is -0.771. The highest BCUT2D eigenvalue weighted by Crippen LogP contribution is 2.31. The van der Waals surface area contributed by atoms with Crippen molar-refractivity contribution in [1.82, 2.24) is 10.3 Å². The minimum Gasteiger partial charge on any atom is -0.508 e. The number of phenolic OH excluding ortho intramolecular Hbond substituents is 1. The predicted molar refractivity (Wildman–Crippen MR) is 102 cm³/mol. The molecule has 2 aromatic rings. The van der Waals surface area contributed by atoms with Gasteiger partial charge in [0.05, 0.1) is 23.0 Å². The Morgan fingerprint density at radius 3 is 2.41 bits per heavy atom. The quantitative estimate of drug-likeness (QED) is 0.456. The molecule has 1 saturated heterocycles. The normalized spacial score (nSPS) is 14.4. The Balaban J connectivity index is 1.81. The Morgan fingerprint density at radius 1 is 1.14 bits per heavy atom. The smallest absolute Gasteiger partial charge is 0.292 e. The van der Waals surface area contributed by atoms with E-state index in [9.17, 15) is 28.4 Å². The minimum atomic E-state index is -4.19. The van der Waals surface area contributed by atoms with Crippen LogP contribution in [0.1, 0.15) is 10.4 Å². The van der Waals surface area contributed by atoms with Crippen molar-refractivity contribution in [3.63, 3.8) is 0 Å². The lowest BCUT2D eigenvalue weighted by atomic mass is 10.2. The van der Waals surface area contributed by atoms with E-state index >= 15 is 0 Å². The number of nitrogens with one attached hydrogen (secondary N) is 2.